The summed E-state index contributed by atoms with van der Waals surface area (Å²) >= 11 is 14.3. The van der Waals surface area contributed by atoms with Crippen LogP contribution in [0, 0.1) is 39.6 Å². The number of ether oxygens (including phenoxy) is 3. The maximum absolute atomic E-state index is 12.2. The fourth-order valence-corrected chi connectivity index (χ4v) is 11.5. The number of benzene rings is 3. The number of pyridine rings is 3. The van der Waals surface area contributed by atoms with Gasteiger partial charge in [-0.1, -0.05) is 69.5 Å². The predicted molar refractivity (Wildman–Crippen MR) is 451 cm³/mol. The van der Waals surface area contributed by atoms with Crippen LogP contribution in [-0.4, -0.2) is 162 Å². The molecule has 3 aliphatic rings. The second-order valence-electron chi connectivity index (χ2n) is 25.8. The molecule has 0 atom stereocenters. The first-order chi connectivity index (χ1) is 54.3. The summed E-state index contributed by atoms with van der Waals surface area (Å²) in [7, 11) is 0.550. The standard InChI is InChI=1S/C29H30N6O3.C25H26ClN3O3.C16H17NO2.C9H10ClIN2O.C4H5BN3O2/c1-20(2)15-25(36)9-10-28(37)33-24-7-5-21(6-8-24)3-4-22-16-26(23-18-31-29(30)32-19-23)34-27(17-22)35-11-13-38-14-12-35;1-18(2)15-22(30)9-10-25(31)27-21-7-5-19(6-8-21)3-4-20-16-23(26)28-24(17-20)29-11-13-32-14-12-29;1-4-13-5-7-14(8-6-13)17-16(19)10-9-15(18)11-12(2)3;10-8-5-7(11)6-9(12-8)13-1-3-14-4-2-13;6-4-7-1-3(2-8-4)10-5-9/h5-8,15-19H,9-14H2,1-2H3,(H,33,37)(H2,30,31,32);5-8,15-17H,9-14H2,1-2H3,(H,27,31);1,5-8,11H,9-10H2,2-3H3,(H,17,19);5-6H,1-4H2;1-2,9H,(H2,6,7,8). The molecule has 0 aliphatic carbocycles. The summed E-state index contributed by atoms with van der Waals surface area (Å²) in [6, 6.07) is 32.9. The number of nitrogen functional groups attached to an aromatic ring is 2. The highest BCUT2D eigenvalue weighted by atomic mass is 127. The van der Waals surface area contributed by atoms with E-state index in [0.29, 0.717) is 72.9 Å². The molecule has 11 rings (SSSR count). The number of hydrogen-bond acceptors (Lipinski definition) is 23. The van der Waals surface area contributed by atoms with E-state index < -0.39 is 0 Å². The number of morpholine rings is 3. The summed E-state index contributed by atoms with van der Waals surface area (Å²) in [4.78, 5) is 106. The van der Waals surface area contributed by atoms with E-state index in [1.165, 1.54) is 12.4 Å². The maximum atomic E-state index is 12.2. The molecule has 3 saturated heterocycles. The Morgan fingerprint density at radius 1 is 0.487 bits per heavy atom. The van der Waals surface area contributed by atoms with Crippen molar-refractivity contribution in [3.63, 3.8) is 0 Å². The number of halogens is 3. The number of nitrogens with zero attached hydrogens (tertiary/aromatic N) is 10. The summed E-state index contributed by atoms with van der Waals surface area (Å²) in [5, 5.41) is 17.5. The Kier molecular flexibility index (Phi) is 37.5. The molecule has 0 saturated carbocycles. The first-order valence-corrected chi connectivity index (χ1v) is 37.7. The largest absolute Gasteiger partial charge is 0.569 e. The van der Waals surface area contributed by atoms with Gasteiger partial charge in [-0.15, -0.1) is 6.42 Å². The average molecular weight is 1680 g/mol. The van der Waals surface area contributed by atoms with E-state index in [1.54, 1.807) is 85.2 Å². The van der Waals surface area contributed by atoms with Crippen LogP contribution >= 0.6 is 45.8 Å². The summed E-state index contributed by atoms with van der Waals surface area (Å²) in [5.74, 6) is 17.7. The zero-order valence-electron chi connectivity index (χ0n) is 63.6. The van der Waals surface area contributed by atoms with Crippen LogP contribution in [0.3, 0.4) is 0 Å². The first-order valence-electron chi connectivity index (χ1n) is 35.9. The average Bonchev–Trinajstić information content (AvgIpc) is 0.667. The van der Waals surface area contributed by atoms with Crippen molar-refractivity contribution in [1.82, 2.24) is 34.9 Å². The van der Waals surface area contributed by atoms with Gasteiger partial charge in [0.05, 0.1) is 57.7 Å². The molecule has 3 aromatic carbocycles. The van der Waals surface area contributed by atoms with Crippen molar-refractivity contribution in [1.29, 1.82) is 0 Å². The van der Waals surface area contributed by atoms with E-state index in [0.717, 1.165) is 124 Å². The molecular formula is C83H88BCl2IN15O11. The number of terminal acetylenes is 1. The van der Waals surface area contributed by atoms with Crippen molar-refractivity contribution in [3.05, 3.63) is 211 Å². The number of rotatable bonds is 21. The van der Waals surface area contributed by atoms with Crippen LogP contribution in [0.15, 0.2) is 169 Å². The van der Waals surface area contributed by atoms with E-state index in [9.17, 15) is 28.8 Å². The number of aromatic nitrogens is 7. The van der Waals surface area contributed by atoms with Gasteiger partial charge < -0.3 is 66.0 Å². The maximum Gasteiger partial charge on any atom is 0.569 e. The molecule has 585 valence electrons. The molecule has 1 radical (unpaired) electrons. The molecule has 113 heavy (non-hydrogen) atoms. The molecule has 8 heterocycles. The van der Waals surface area contributed by atoms with Gasteiger partial charge in [-0.2, -0.15) is 0 Å². The molecule has 0 spiro atoms. The second kappa shape index (κ2) is 47.7. The van der Waals surface area contributed by atoms with Gasteiger partial charge in [0.2, 0.25) is 29.6 Å². The molecule has 3 amide bonds. The zero-order valence-corrected chi connectivity index (χ0v) is 67.3. The van der Waals surface area contributed by atoms with Crippen LogP contribution in [0.25, 0.3) is 11.3 Å². The fourth-order valence-electron chi connectivity index (χ4n) is 10.3. The van der Waals surface area contributed by atoms with Crippen LogP contribution < -0.4 is 46.8 Å². The topological polar surface area (TPSA) is 348 Å². The molecule has 8 aromatic rings. The number of ketones is 3. The third-order valence-corrected chi connectivity index (χ3v) is 16.7. The van der Waals surface area contributed by atoms with E-state index in [2.05, 4.69) is 117 Å². The van der Waals surface area contributed by atoms with Gasteiger partial charge in [-0.25, -0.2) is 34.9 Å². The van der Waals surface area contributed by atoms with E-state index >= 15 is 0 Å². The summed E-state index contributed by atoms with van der Waals surface area (Å²) < 4.78 is 21.8. The summed E-state index contributed by atoms with van der Waals surface area (Å²) in [6.07, 6.45) is 17.0. The Morgan fingerprint density at radius 2 is 0.823 bits per heavy atom. The molecule has 3 fully saturated rings. The lowest BCUT2D eigenvalue weighted by Gasteiger charge is -2.28. The SMILES string of the molecule is C#Cc1ccc(NC(=O)CCC(=O)C=C(C)C)cc1.CC(C)=CC(=O)CCC(=O)Nc1ccc(C#Cc2cc(-c3cnc(N)nc3)nc(N3CCOCC3)c2)cc1.CC(C)=CC(=O)CCC(=O)Nc1ccc(C#Cc2cc(Cl)nc(N3CCOCC3)c2)cc1.Clc1cc(I)cc(N2CCOCC2)n1.Nc1ncc(O[B]O)cn1. The first kappa shape index (κ1) is 88.8. The van der Waals surface area contributed by atoms with Crippen molar-refractivity contribution >= 4 is 135 Å². The molecule has 26 nitrogen and oxygen atoms in total. The lowest BCUT2D eigenvalue weighted by molar-refractivity contribution is -0.120. The third kappa shape index (κ3) is 34.4. The third-order valence-electron chi connectivity index (χ3n) is 15.7. The molecular weight excluding hydrogens is 1590 g/mol. The van der Waals surface area contributed by atoms with Gasteiger partial charge in [0.25, 0.3) is 0 Å². The van der Waals surface area contributed by atoms with Crippen LogP contribution in [0.1, 0.15) is 108 Å². The Bertz CT molecular complexity index is 4770. The van der Waals surface area contributed by atoms with Crippen LogP contribution in [0.2, 0.25) is 10.3 Å². The van der Waals surface area contributed by atoms with E-state index in [4.69, 9.17) is 65.3 Å². The summed E-state index contributed by atoms with van der Waals surface area (Å²) in [6.45, 7) is 20.1. The van der Waals surface area contributed by atoms with Crippen molar-refractivity contribution in [2.24, 2.45) is 0 Å². The quantitative estimate of drug-likeness (QED) is 0.0128. The van der Waals surface area contributed by atoms with Crippen LogP contribution in [0.5, 0.6) is 5.75 Å². The van der Waals surface area contributed by atoms with Gasteiger partial charge in [-0.3, -0.25) is 28.8 Å². The van der Waals surface area contributed by atoms with Crippen molar-refractivity contribution in [3.8, 4) is 53.0 Å². The minimum Gasteiger partial charge on any atom is -0.535 e. The number of nitrogens with two attached hydrogens (primary N) is 2. The van der Waals surface area contributed by atoms with Gasteiger partial charge in [0, 0.05) is 144 Å². The number of amides is 3. The Balaban J connectivity index is 0.000000211. The predicted octanol–water partition coefficient (Wildman–Crippen LogP) is 11.9. The van der Waals surface area contributed by atoms with Gasteiger partial charge in [-0.05, 0) is 192 Å². The highest BCUT2D eigenvalue weighted by Gasteiger charge is 2.18. The number of allylic oxidation sites excluding steroid dienone is 6. The number of anilines is 8. The van der Waals surface area contributed by atoms with E-state index in [-0.39, 0.29) is 85.5 Å². The van der Waals surface area contributed by atoms with Crippen molar-refractivity contribution < 1.29 is 52.7 Å². The minimum absolute atomic E-state index is 0.0298. The molecule has 8 N–H and O–H groups in total. The van der Waals surface area contributed by atoms with Gasteiger partial charge in [0.1, 0.15) is 33.5 Å². The Labute approximate surface area is 682 Å². The Morgan fingerprint density at radius 3 is 1.19 bits per heavy atom. The molecule has 30 heteroatoms. The zero-order chi connectivity index (χ0) is 81.4. The van der Waals surface area contributed by atoms with Crippen LogP contribution in [0.4, 0.5) is 46.4 Å². The number of carbonyl (C=O) groups is 6. The van der Waals surface area contributed by atoms with Crippen molar-refractivity contribution in [2.75, 3.05) is 121 Å². The normalized spacial score (nSPS) is 12.5. The fraction of sp³-hybridized carbons (Fsp3) is 0.289. The number of hydrogen-bond donors (Lipinski definition) is 6. The number of carbonyl (C=O) groups excluding carboxylic acids is 6. The highest BCUT2D eigenvalue weighted by molar-refractivity contribution is 14.1. The van der Waals surface area contributed by atoms with Crippen LogP contribution in [-0.2, 0) is 43.0 Å². The highest BCUT2D eigenvalue weighted by Crippen LogP contribution is 2.26. The molecule has 3 aliphatic heterocycles. The Hall–Kier alpha value is -11.4. The molecule has 5 aromatic heterocycles. The second-order valence-corrected chi connectivity index (χ2v) is 27.8. The van der Waals surface area contributed by atoms with Gasteiger partial charge in [0.15, 0.2) is 17.3 Å². The lowest BCUT2D eigenvalue weighted by Crippen LogP contribution is -2.36. The minimum atomic E-state index is -0.203. The van der Waals surface area contributed by atoms with E-state index in [1.807, 2.05) is 96.1 Å². The smallest absolute Gasteiger partial charge is 0.535 e. The molecule has 0 bridgehead atoms. The van der Waals surface area contributed by atoms with Crippen molar-refractivity contribution in [2.45, 2.75) is 80.1 Å². The number of nitrogens with one attached hydrogen (secondary N) is 3. The summed E-state index contributed by atoms with van der Waals surface area (Å²) in [5.41, 5.74) is 21.0. The monoisotopic (exact) mass is 1680 g/mol. The van der Waals surface area contributed by atoms with Gasteiger partial charge >= 0.3 is 7.69 Å². The lowest BCUT2D eigenvalue weighted by atomic mass is 10.1. The molecule has 0 unspecified atom stereocenters.